The molecule has 2 aromatic rings. The Morgan fingerprint density at radius 3 is 2.90 bits per heavy atom. The van der Waals surface area contributed by atoms with E-state index in [0.717, 1.165) is 5.56 Å². The second kappa shape index (κ2) is 6.16. The van der Waals surface area contributed by atoms with Crippen LogP contribution in [0.1, 0.15) is 21.5 Å². The van der Waals surface area contributed by atoms with E-state index in [4.69, 9.17) is 5.84 Å². The molecule has 0 atom stereocenters. The van der Waals surface area contributed by atoms with Gasteiger partial charge in [0.05, 0.1) is 11.3 Å². The van der Waals surface area contributed by atoms with E-state index in [0.29, 0.717) is 17.8 Å². The number of anilines is 1. The van der Waals surface area contributed by atoms with Crippen molar-refractivity contribution in [2.75, 3.05) is 12.5 Å². The van der Waals surface area contributed by atoms with E-state index in [1.54, 1.807) is 24.2 Å². The molecule has 0 bridgehead atoms. The molecule has 1 aromatic carbocycles. The molecular formula is C15H18N4O. The van der Waals surface area contributed by atoms with Gasteiger partial charge in [-0.1, -0.05) is 29.8 Å². The predicted molar refractivity (Wildman–Crippen MR) is 79.0 cm³/mol. The summed E-state index contributed by atoms with van der Waals surface area (Å²) in [7, 11) is 1.76. The number of aryl methyl sites for hydroxylation is 1. The number of benzene rings is 1. The van der Waals surface area contributed by atoms with Crippen molar-refractivity contribution in [1.82, 2.24) is 9.88 Å². The first kappa shape index (κ1) is 14.0. The van der Waals surface area contributed by atoms with Crippen LogP contribution >= 0.6 is 0 Å². The Hall–Kier alpha value is -2.40. The molecule has 20 heavy (non-hydrogen) atoms. The Balaban J connectivity index is 2.16. The molecule has 5 nitrogen and oxygen atoms in total. The summed E-state index contributed by atoms with van der Waals surface area (Å²) in [6.07, 6.45) is 3.11. The second-order valence-electron chi connectivity index (χ2n) is 4.72. The zero-order chi connectivity index (χ0) is 14.5. The molecule has 1 heterocycles. The highest BCUT2D eigenvalue weighted by Crippen LogP contribution is 2.15. The largest absolute Gasteiger partial charge is 0.337 e. The quantitative estimate of drug-likeness (QED) is 0.658. The summed E-state index contributed by atoms with van der Waals surface area (Å²) in [5.41, 5.74) is 5.82. The lowest BCUT2D eigenvalue weighted by atomic mass is 10.1. The number of nitrogens with two attached hydrogens (primary N) is 1. The molecule has 0 aliphatic rings. The average Bonchev–Trinajstić information content (AvgIpc) is 2.46. The van der Waals surface area contributed by atoms with Gasteiger partial charge in [-0.25, -0.2) is 0 Å². The van der Waals surface area contributed by atoms with Crippen molar-refractivity contribution in [3.63, 3.8) is 0 Å². The number of hydrogen-bond donors (Lipinski definition) is 2. The van der Waals surface area contributed by atoms with Crippen LogP contribution in [0.15, 0.2) is 42.7 Å². The van der Waals surface area contributed by atoms with Crippen LogP contribution < -0.4 is 11.3 Å². The van der Waals surface area contributed by atoms with Gasteiger partial charge in [0.2, 0.25) is 0 Å². The fraction of sp³-hybridized carbons (Fsp3) is 0.200. The van der Waals surface area contributed by atoms with Crippen molar-refractivity contribution in [3.8, 4) is 0 Å². The van der Waals surface area contributed by atoms with Crippen molar-refractivity contribution in [1.29, 1.82) is 0 Å². The van der Waals surface area contributed by atoms with Crippen LogP contribution in [-0.2, 0) is 6.54 Å². The summed E-state index contributed by atoms with van der Waals surface area (Å²) in [6, 6.07) is 9.76. The van der Waals surface area contributed by atoms with Crippen LogP contribution in [0.5, 0.6) is 0 Å². The normalized spacial score (nSPS) is 10.2. The summed E-state index contributed by atoms with van der Waals surface area (Å²) in [5, 5.41) is 0. The summed E-state index contributed by atoms with van der Waals surface area (Å²) >= 11 is 0. The SMILES string of the molecule is Cc1cccc(CN(C)C(=O)c2cnccc2NN)c1. The smallest absolute Gasteiger partial charge is 0.257 e. The molecule has 1 aromatic heterocycles. The third-order valence-corrected chi connectivity index (χ3v) is 3.06. The number of carbonyl (C=O) groups is 1. The maximum atomic E-state index is 12.4. The number of pyridine rings is 1. The Morgan fingerprint density at radius 2 is 2.20 bits per heavy atom. The van der Waals surface area contributed by atoms with Crippen LogP contribution in [-0.4, -0.2) is 22.8 Å². The zero-order valence-electron chi connectivity index (χ0n) is 11.6. The Bertz CT molecular complexity index is 612. The van der Waals surface area contributed by atoms with E-state index in [1.807, 2.05) is 25.1 Å². The van der Waals surface area contributed by atoms with Gasteiger partial charge in [-0.15, -0.1) is 0 Å². The Labute approximate surface area is 118 Å². The topological polar surface area (TPSA) is 71.2 Å². The molecule has 2 rings (SSSR count). The predicted octanol–water partition coefficient (Wildman–Crippen LogP) is 1.95. The third kappa shape index (κ3) is 3.13. The van der Waals surface area contributed by atoms with Gasteiger partial charge in [-0.3, -0.25) is 15.6 Å². The van der Waals surface area contributed by atoms with E-state index < -0.39 is 0 Å². The van der Waals surface area contributed by atoms with Crippen molar-refractivity contribution in [2.24, 2.45) is 5.84 Å². The standard InChI is InChI=1S/C15H18N4O/c1-11-4-3-5-12(8-11)10-19(2)15(20)13-9-17-7-6-14(13)18-16/h3-9H,10,16H2,1-2H3,(H,17,18). The Kier molecular flexibility index (Phi) is 4.32. The van der Waals surface area contributed by atoms with E-state index in [9.17, 15) is 4.79 Å². The fourth-order valence-electron chi connectivity index (χ4n) is 2.05. The number of nitrogen functional groups attached to an aromatic ring is 1. The number of rotatable bonds is 4. The molecule has 3 N–H and O–H groups in total. The van der Waals surface area contributed by atoms with Gasteiger partial charge in [0.15, 0.2) is 0 Å². The lowest BCUT2D eigenvalue weighted by molar-refractivity contribution is 0.0785. The van der Waals surface area contributed by atoms with Gasteiger partial charge in [0.1, 0.15) is 0 Å². The summed E-state index contributed by atoms with van der Waals surface area (Å²) in [4.78, 5) is 18.0. The molecule has 0 aliphatic heterocycles. The first-order valence-corrected chi connectivity index (χ1v) is 6.33. The molecule has 0 saturated heterocycles. The fourth-order valence-corrected chi connectivity index (χ4v) is 2.05. The number of hydrazine groups is 1. The zero-order valence-corrected chi connectivity index (χ0v) is 11.6. The van der Waals surface area contributed by atoms with Crippen LogP contribution in [0.3, 0.4) is 0 Å². The van der Waals surface area contributed by atoms with Crippen LogP contribution in [0, 0.1) is 6.92 Å². The summed E-state index contributed by atoms with van der Waals surface area (Å²) in [5.74, 6) is 5.29. The molecule has 0 spiro atoms. The summed E-state index contributed by atoms with van der Waals surface area (Å²) in [6.45, 7) is 2.57. The monoisotopic (exact) mass is 270 g/mol. The minimum atomic E-state index is -0.118. The first-order valence-electron chi connectivity index (χ1n) is 6.33. The molecule has 5 heteroatoms. The van der Waals surface area contributed by atoms with Crippen molar-refractivity contribution in [2.45, 2.75) is 13.5 Å². The third-order valence-electron chi connectivity index (χ3n) is 3.06. The van der Waals surface area contributed by atoms with Gasteiger partial charge < -0.3 is 10.3 Å². The van der Waals surface area contributed by atoms with Crippen molar-refractivity contribution < 1.29 is 4.79 Å². The first-order chi connectivity index (χ1) is 9.61. The molecule has 1 amide bonds. The van der Waals surface area contributed by atoms with Gasteiger partial charge in [-0.05, 0) is 18.6 Å². The van der Waals surface area contributed by atoms with Crippen molar-refractivity contribution >= 4 is 11.6 Å². The maximum Gasteiger partial charge on any atom is 0.257 e. The highest BCUT2D eigenvalue weighted by molar-refractivity contribution is 5.99. The number of amides is 1. The van der Waals surface area contributed by atoms with E-state index in [1.165, 1.54) is 11.8 Å². The Morgan fingerprint density at radius 1 is 1.40 bits per heavy atom. The lowest BCUT2D eigenvalue weighted by Gasteiger charge is -2.19. The van der Waals surface area contributed by atoms with Crippen LogP contribution in [0.4, 0.5) is 5.69 Å². The average molecular weight is 270 g/mol. The van der Waals surface area contributed by atoms with Gasteiger partial charge in [0.25, 0.3) is 5.91 Å². The van der Waals surface area contributed by atoms with E-state index in [-0.39, 0.29) is 5.91 Å². The molecular weight excluding hydrogens is 252 g/mol. The number of hydrogen-bond acceptors (Lipinski definition) is 4. The molecule has 0 fully saturated rings. The molecule has 0 saturated carbocycles. The molecule has 0 radical (unpaired) electrons. The lowest BCUT2D eigenvalue weighted by Crippen LogP contribution is -2.27. The van der Waals surface area contributed by atoms with Crippen LogP contribution in [0.25, 0.3) is 0 Å². The second-order valence-corrected chi connectivity index (χ2v) is 4.72. The van der Waals surface area contributed by atoms with Gasteiger partial charge in [-0.2, -0.15) is 0 Å². The molecule has 104 valence electrons. The maximum absolute atomic E-state index is 12.4. The minimum Gasteiger partial charge on any atom is -0.337 e. The molecule has 0 aliphatic carbocycles. The summed E-state index contributed by atoms with van der Waals surface area (Å²) < 4.78 is 0. The highest BCUT2D eigenvalue weighted by atomic mass is 16.2. The number of aromatic nitrogens is 1. The van der Waals surface area contributed by atoms with E-state index >= 15 is 0 Å². The number of carbonyl (C=O) groups excluding carboxylic acids is 1. The number of nitrogens with zero attached hydrogens (tertiary/aromatic N) is 2. The van der Waals surface area contributed by atoms with Crippen LogP contribution in [0.2, 0.25) is 0 Å². The highest BCUT2D eigenvalue weighted by Gasteiger charge is 2.15. The minimum absolute atomic E-state index is 0.118. The number of nitrogens with one attached hydrogen (secondary N) is 1. The van der Waals surface area contributed by atoms with Gasteiger partial charge in [0, 0.05) is 26.0 Å². The van der Waals surface area contributed by atoms with Crippen molar-refractivity contribution in [3.05, 3.63) is 59.4 Å². The molecule has 0 unspecified atom stereocenters. The van der Waals surface area contributed by atoms with Gasteiger partial charge >= 0.3 is 0 Å². The van der Waals surface area contributed by atoms with E-state index in [2.05, 4.69) is 16.5 Å².